The SMILES string of the molecule is COCCc1ccc(Oc2ccc(Cl)cc2C(N)=S)cc1. The fourth-order valence-corrected chi connectivity index (χ4v) is 2.19. The molecule has 0 amide bonds. The van der Waals surface area contributed by atoms with Gasteiger partial charge in [-0.3, -0.25) is 0 Å². The monoisotopic (exact) mass is 321 g/mol. The summed E-state index contributed by atoms with van der Waals surface area (Å²) in [6, 6.07) is 13.0. The van der Waals surface area contributed by atoms with Crippen LogP contribution in [-0.2, 0) is 11.2 Å². The van der Waals surface area contributed by atoms with Crippen molar-refractivity contribution in [2.24, 2.45) is 5.73 Å². The molecule has 0 aliphatic heterocycles. The first-order valence-electron chi connectivity index (χ1n) is 6.45. The Morgan fingerprint density at radius 1 is 1.19 bits per heavy atom. The smallest absolute Gasteiger partial charge is 0.137 e. The van der Waals surface area contributed by atoms with Gasteiger partial charge < -0.3 is 15.2 Å². The number of thiocarbonyl (C=S) groups is 1. The van der Waals surface area contributed by atoms with Crippen molar-refractivity contribution >= 4 is 28.8 Å². The maximum absolute atomic E-state index is 5.95. The predicted octanol–water partition coefficient (Wildman–Crippen LogP) is 3.96. The Morgan fingerprint density at radius 3 is 2.52 bits per heavy atom. The first-order chi connectivity index (χ1) is 10.1. The van der Waals surface area contributed by atoms with Gasteiger partial charge in [-0.15, -0.1) is 0 Å². The minimum Gasteiger partial charge on any atom is -0.457 e. The average Bonchev–Trinajstić information content (AvgIpc) is 2.48. The number of benzene rings is 2. The average molecular weight is 322 g/mol. The number of ether oxygens (including phenoxy) is 2. The summed E-state index contributed by atoms with van der Waals surface area (Å²) in [6.07, 6.45) is 0.871. The van der Waals surface area contributed by atoms with E-state index in [4.69, 9.17) is 39.0 Å². The lowest BCUT2D eigenvalue weighted by Gasteiger charge is -2.11. The van der Waals surface area contributed by atoms with Gasteiger partial charge in [0, 0.05) is 12.1 Å². The van der Waals surface area contributed by atoms with E-state index in [9.17, 15) is 0 Å². The summed E-state index contributed by atoms with van der Waals surface area (Å²) in [4.78, 5) is 0.254. The molecule has 0 fully saturated rings. The molecular weight excluding hydrogens is 306 g/mol. The van der Waals surface area contributed by atoms with Crippen LogP contribution in [0.2, 0.25) is 5.02 Å². The van der Waals surface area contributed by atoms with Gasteiger partial charge in [-0.05, 0) is 42.3 Å². The highest BCUT2D eigenvalue weighted by molar-refractivity contribution is 7.80. The number of methoxy groups -OCH3 is 1. The van der Waals surface area contributed by atoms with Crippen molar-refractivity contribution in [2.45, 2.75) is 6.42 Å². The molecule has 21 heavy (non-hydrogen) atoms. The van der Waals surface area contributed by atoms with E-state index < -0.39 is 0 Å². The maximum atomic E-state index is 5.95. The zero-order valence-electron chi connectivity index (χ0n) is 11.6. The van der Waals surface area contributed by atoms with Crippen molar-refractivity contribution in [1.82, 2.24) is 0 Å². The van der Waals surface area contributed by atoms with Gasteiger partial charge in [0.05, 0.1) is 12.2 Å². The van der Waals surface area contributed by atoms with Crippen molar-refractivity contribution in [2.75, 3.05) is 13.7 Å². The van der Waals surface area contributed by atoms with E-state index in [0.29, 0.717) is 22.9 Å². The van der Waals surface area contributed by atoms with E-state index in [1.54, 1.807) is 25.3 Å². The second-order valence-corrected chi connectivity index (χ2v) is 5.37. The van der Waals surface area contributed by atoms with Gasteiger partial charge in [0.2, 0.25) is 0 Å². The molecule has 0 spiro atoms. The van der Waals surface area contributed by atoms with E-state index in [2.05, 4.69) is 0 Å². The molecule has 0 aliphatic rings. The number of hydrogen-bond acceptors (Lipinski definition) is 3. The molecule has 0 aromatic heterocycles. The van der Waals surface area contributed by atoms with E-state index in [1.807, 2.05) is 24.3 Å². The highest BCUT2D eigenvalue weighted by Gasteiger charge is 2.08. The van der Waals surface area contributed by atoms with Gasteiger partial charge in [0.1, 0.15) is 16.5 Å². The molecule has 0 aliphatic carbocycles. The number of hydrogen-bond donors (Lipinski definition) is 1. The number of rotatable bonds is 6. The van der Waals surface area contributed by atoms with Crippen molar-refractivity contribution in [3.63, 3.8) is 0 Å². The number of halogens is 1. The van der Waals surface area contributed by atoms with Crippen molar-refractivity contribution in [3.8, 4) is 11.5 Å². The third-order valence-electron chi connectivity index (χ3n) is 2.95. The summed E-state index contributed by atoms with van der Waals surface area (Å²) in [5.74, 6) is 1.31. The first-order valence-corrected chi connectivity index (χ1v) is 7.24. The maximum Gasteiger partial charge on any atom is 0.137 e. The molecular formula is C16H16ClNO2S. The summed E-state index contributed by atoms with van der Waals surface area (Å²) in [5.41, 5.74) is 7.51. The van der Waals surface area contributed by atoms with Crippen LogP contribution >= 0.6 is 23.8 Å². The summed E-state index contributed by atoms with van der Waals surface area (Å²) in [6.45, 7) is 0.697. The molecule has 3 nitrogen and oxygen atoms in total. The molecule has 5 heteroatoms. The van der Waals surface area contributed by atoms with Crippen LogP contribution in [-0.4, -0.2) is 18.7 Å². The normalized spacial score (nSPS) is 10.4. The van der Waals surface area contributed by atoms with Crippen molar-refractivity contribution < 1.29 is 9.47 Å². The Morgan fingerprint density at radius 2 is 1.90 bits per heavy atom. The van der Waals surface area contributed by atoms with E-state index >= 15 is 0 Å². The van der Waals surface area contributed by atoms with Crippen molar-refractivity contribution in [1.29, 1.82) is 0 Å². The molecule has 110 valence electrons. The second kappa shape index (κ2) is 7.41. The summed E-state index contributed by atoms with van der Waals surface area (Å²) in [5, 5.41) is 0.570. The molecule has 0 radical (unpaired) electrons. The fraction of sp³-hybridized carbons (Fsp3) is 0.188. The Hall–Kier alpha value is -1.62. The van der Waals surface area contributed by atoms with E-state index in [1.165, 1.54) is 5.56 Å². The Balaban J connectivity index is 2.16. The molecule has 0 unspecified atom stereocenters. The van der Waals surface area contributed by atoms with Gasteiger partial charge in [-0.1, -0.05) is 36.0 Å². The van der Waals surface area contributed by atoms with Gasteiger partial charge in [-0.25, -0.2) is 0 Å². The Kier molecular flexibility index (Phi) is 5.56. The third-order valence-corrected chi connectivity index (χ3v) is 3.41. The second-order valence-electron chi connectivity index (χ2n) is 4.49. The molecule has 2 aromatic rings. The summed E-state index contributed by atoms with van der Waals surface area (Å²) < 4.78 is 10.9. The molecule has 2 aromatic carbocycles. The lowest BCUT2D eigenvalue weighted by Crippen LogP contribution is -2.10. The van der Waals surface area contributed by atoms with Crippen LogP contribution < -0.4 is 10.5 Å². The van der Waals surface area contributed by atoms with E-state index in [-0.39, 0.29) is 4.99 Å². The van der Waals surface area contributed by atoms with Gasteiger partial charge in [-0.2, -0.15) is 0 Å². The van der Waals surface area contributed by atoms with Crippen LogP contribution in [0.25, 0.3) is 0 Å². The molecule has 2 N–H and O–H groups in total. The third kappa shape index (κ3) is 4.43. The first kappa shape index (κ1) is 15.8. The topological polar surface area (TPSA) is 44.5 Å². The zero-order chi connectivity index (χ0) is 15.2. The van der Waals surface area contributed by atoms with Gasteiger partial charge in [0.15, 0.2) is 0 Å². The quantitative estimate of drug-likeness (QED) is 0.818. The molecule has 0 heterocycles. The van der Waals surface area contributed by atoms with Gasteiger partial charge >= 0.3 is 0 Å². The minimum atomic E-state index is 0.254. The van der Waals surface area contributed by atoms with E-state index in [0.717, 1.165) is 12.2 Å². The molecule has 2 rings (SSSR count). The Bertz CT molecular complexity index is 629. The van der Waals surface area contributed by atoms with Crippen LogP contribution in [0.5, 0.6) is 11.5 Å². The van der Waals surface area contributed by atoms with Crippen LogP contribution in [0.3, 0.4) is 0 Å². The predicted molar refractivity (Wildman–Crippen MR) is 89.4 cm³/mol. The van der Waals surface area contributed by atoms with Crippen molar-refractivity contribution in [3.05, 3.63) is 58.6 Å². The highest BCUT2D eigenvalue weighted by atomic mass is 35.5. The molecule has 0 atom stereocenters. The summed E-state index contributed by atoms with van der Waals surface area (Å²) >= 11 is 11.0. The zero-order valence-corrected chi connectivity index (χ0v) is 13.2. The van der Waals surface area contributed by atoms with Crippen LogP contribution in [0.4, 0.5) is 0 Å². The molecule has 0 saturated heterocycles. The standard InChI is InChI=1S/C16H16ClNO2S/c1-19-9-8-11-2-5-13(6-3-11)20-15-7-4-12(17)10-14(15)16(18)21/h2-7,10H,8-9H2,1H3,(H2,18,21). The van der Waals surface area contributed by atoms with Crippen LogP contribution in [0.1, 0.15) is 11.1 Å². The summed E-state index contributed by atoms with van der Waals surface area (Å²) in [7, 11) is 1.69. The highest BCUT2D eigenvalue weighted by Crippen LogP contribution is 2.28. The van der Waals surface area contributed by atoms with Crippen LogP contribution in [0.15, 0.2) is 42.5 Å². The lowest BCUT2D eigenvalue weighted by molar-refractivity contribution is 0.202. The van der Waals surface area contributed by atoms with Crippen LogP contribution in [0, 0.1) is 0 Å². The van der Waals surface area contributed by atoms with Gasteiger partial charge in [0.25, 0.3) is 0 Å². The Labute approximate surface area is 134 Å². The molecule has 0 bridgehead atoms. The largest absolute Gasteiger partial charge is 0.457 e. The molecule has 0 saturated carbocycles. The minimum absolute atomic E-state index is 0.254. The fourth-order valence-electron chi connectivity index (χ4n) is 1.85. The number of nitrogens with two attached hydrogens (primary N) is 1. The lowest BCUT2D eigenvalue weighted by atomic mass is 10.1.